The second kappa shape index (κ2) is 4.34. The number of carbonyl (C=O) groups excluding carboxylic acids is 2. The minimum Gasteiger partial charge on any atom is -0.455 e. The van der Waals surface area contributed by atoms with Gasteiger partial charge in [-0.15, -0.1) is 0 Å². The molecule has 0 spiro atoms. The van der Waals surface area contributed by atoms with E-state index in [0.717, 1.165) is 12.8 Å². The van der Waals surface area contributed by atoms with Crippen LogP contribution in [0.4, 0.5) is 5.82 Å². The van der Waals surface area contributed by atoms with E-state index in [0.29, 0.717) is 11.6 Å². The van der Waals surface area contributed by atoms with Crippen molar-refractivity contribution in [1.29, 1.82) is 0 Å². The van der Waals surface area contributed by atoms with Crippen molar-refractivity contribution in [2.75, 3.05) is 11.9 Å². The van der Waals surface area contributed by atoms with Crippen LogP contribution < -0.4 is 5.32 Å². The van der Waals surface area contributed by atoms with Gasteiger partial charge in [0.1, 0.15) is 5.76 Å². The number of ether oxygens (including phenoxy) is 1. The fraction of sp³-hybridized carbons (Fsp3) is 0.500. The summed E-state index contributed by atoms with van der Waals surface area (Å²) in [5.74, 6) is 0.214. The van der Waals surface area contributed by atoms with Crippen LogP contribution in [0.1, 0.15) is 18.6 Å². The molecule has 0 bridgehead atoms. The Morgan fingerprint density at radius 3 is 2.94 bits per heavy atom. The fourth-order valence-corrected chi connectivity index (χ4v) is 1.18. The maximum absolute atomic E-state index is 11.3. The third kappa shape index (κ3) is 2.82. The molecule has 1 aliphatic rings. The third-order valence-corrected chi connectivity index (χ3v) is 2.15. The maximum atomic E-state index is 11.3. The first-order valence-electron chi connectivity index (χ1n) is 5.05. The first-order valence-corrected chi connectivity index (χ1v) is 5.05. The van der Waals surface area contributed by atoms with E-state index in [2.05, 4.69) is 10.5 Å². The highest BCUT2D eigenvalue weighted by Gasteiger charge is 2.31. The summed E-state index contributed by atoms with van der Waals surface area (Å²) < 4.78 is 9.56. The fourth-order valence-electron chi connectivity index (χ4n) is 1.18. The number of esters is 1. The zero-order valence-corrected chi connectivity index (χ0v) is 8.86. The number of aryl methyl sites for hydroxylation is 1. The molecule has 0 radical (unpaired) electrons. The molecule has 0 atom stereocenters. The number of anilines is 1. The van der Waals surface area contributed by atoms with Gasteiger partial charge >= 0.3 is 5.97 Å². The SMILES string of the molecule is Cc1cc(NC(=O)COC(=O)C2CC2)no1. The molecule has 6 heteroatoms. The van der Waals surface area contributed by atoms with Crippen LogP contribution in [0.5, 0.6) is 0 Å². The number of nitrogens with zero attached hydrogens (tertiary/aromatic N) is 1. The highest BCUT2D eigenvalue weighted by atomic mass is 16.5. The minimum absolute atomic E-state index is 0.00194. The van der Waals surface area contributed by atoms with Gasteiger partial charge in [-0.05, 0) is 19.8 Å². The Morgan fingerprint density at radius 2 is 2.38 bits per heavy atom. The lowest BCUT2D eigenvalue weighted by atomic mass is 10.4. The number of hydrogen-bond donors (Lipinski definition) is 1. The van der Waals surface area contributed by atoms with Gasteiger partial charge in [0.15, 0.2) is 12.4 Å². The van der Waals surface area contributed by atoms with Gasteiger partial charge in [0.05, 0.1) is 5.92 Å². The molecule has 1 aromatic rings. The summed E-state index contributed by atoms with van der Waals surface area (Å²) in [5, 5.41) is 6.04. The van der Waals surface area contributed by atoms with E-state index in [-0.39, 0.29) is 18.5 Å². The summed E-state index contributed by atoms with van der Waals surface area (Å²) in [7, 11) is 0. The molecule has 1 saturated carbocycles. The molecule has 1 aliphatic carbocycles. The van der Waals surface area contributed by atoms with Crippen molar-refractivity contribution in [1.82, 2.24) is 5.16 Å². The zero-order chi connectivity index (χ0) is 11.5. The molecule has 1 aromatic heterocycles. The predicted molar refractivity (Wildman–Crippen MR) is 53.6 cm³/mol. The summed E-state index contributed by atoms with van der Waals surface area (Å²) in [5.41, 5.74) is 0. The Morgan fingerprint density at radius 1 is 1.62 bits per heavy atom. The average Bonchev–Trinajstić information content (AvgIpc) is 3.01. The standard InChI is InChI=1S/C10H12N2O4/c1-6-4-8(12-16-6)11-9(13)5-15-10(14)7-2-3-7/h4,7H,2-3,5H2,1H3,(H,11,12,13). The van der Waals surface area contributed by atoms with E-state index in [4.69, 9.17) is 9.26 Å². The van der Waals surface area contributed by atoms with Crippen LogP contribution in [-0.4, -0.2) is 23.6 Å². The second-order valence-electron chi connectivity index (χ2n) is 3.75. The van der Waals surface area contributed by atoms with Crippen LogP contribution >= 0.6 is 0 Å². The molecule has 86 valence electrons. The van der Waals surface area contributed by atoms with Crippen molar-refractivity contribution in [3.63, 3.8) is 0 Å². The van der Waals surface area contributed by atoms with Crippen molar-refractivity contribution in [3.8, 4) is 0 Å². The molecule has 0 aromatic carbocycles. The molecule has 1 amide bonds. The first kappa shape index (κ1) is 10.7. The summed E-state index contributed by atoms with van der Waals surface area (Å²) in [6.07, 6.45) is 1.73. The van der Waals surface area contributed by atoms with Crippen LogP contribution in [0.2, 0.25) is 0 Å². The van der Waals surface area contributed by atoms with E-state index >= 15 is 0 Å². The number of amides is 1. The van der Waals surface area contributed by atoms with Crippen molar-refractivity contribution in [2.24, 2.45) is 5.92 Å². The number of nitrogens with one attached hydrogen (secondary N) is 1. The molecule has 0 saturated heterocycles. The van der Waals surface area contributed by atoms with Gasteiger partial charge in [0.2, 0.25) is 0 Å². The monoisotopic (exact) mass is 224 g/mol. The predicted octanol–water partition coefficient (Wildman–Crippen LogP) is 0.875. The molecule has 0 unspecified atom stereocenters. The Kier molecular flexibility index (Phi) is 2.89. The van der Waals surface area contributed by atoms with Crippen molar-refractivity contribution in [3.05, 3.63) is 11.8 Å². The Balaban J connectivity index is 1.73. The molecule has 1 heterocycles. The summed E-state index contributed by atoms with van der Waals surface area (Å²) in [6.45, 7) is 1.44. The van der Waals surface area contributed by atoms with Crippen LogP contribution in [0.25, 0.3) is 0 Å². The third-order valence-electron chi connectivity index (χ3n) is 2.15. The van der Waals surface area contributed by atoms with Gasteiger partial charge in [-0.3, -0.25) is 9.59 Å². The van der Waals surface area contributed by atoms with Gasteiger partial charge in [-0.2, -0.15) is 0 Å². The van der Waals surface area contributed by atoms with Gasteiger partial charge in [-0.1, -0.05) is 5.16 Å². The van der Waals surface area contributed by atoms with Gasteiger partial charge < -0.3 is 14.6 Å². The highest BCUT2D eigenvalue weighted by Crippen LogP contribution is 2.29. The number of carbonyl (C=O) groups is 2. The van der Waals surface area contributed by atoms with Gasteiger partial charge in [0, 0.05) is 6.07 Å². The van der Waals surface area contributed by atoms with Crippen molar-refractivity contribution < 1.29 is 18.8 Å². The molecule has 1 fully saturated rings. The molecule has 6 nitrogen and oxygen atoms in total. The normalized spacial score (nSPS) is 14.6. The molecular weight excluding hydrogens is 212 g/mol. The number of rotatable bonds is 4. The van der Waals surface area contributed by atoms with E-state index in [9.17, 15) is 9.59 Å². The highest BCUT2D eigenvalue weighted by molar-refractivity contribution is 5.92. The molecule has 2 rings (SSSR count). The van der Waals surface area contributed by atoms with Crippen LogP contribution in [0.3, 0.4) is 0 Å². The Hall–Kier alpha value is -1.85. The Bertz CT molecular complexity index is 409. The van der Waals surface area contributed by atoms with Crippen LogP contribution in [0, 0.1) is 12.8 Å². The van der Waals surface area contributed by atoms with E-state index in [1.165, 1.54) is 0 Å². The van der Waals surface area contributed by atoms with Gasteiger partial charge in [-0.25, -0.2) is 0 Å². The smallest absolute Gasteiger partial charge is 0.309 e. The van der Waals surface area contributed by atoms with E-state index in [1.807, 2.05) is 0 Å². The average molecular weight is 224 g/mol. The van der Waals surface area contributed by atoms with E-state index in [1.54, 1.807) is 13.0 Å². The molecule has 16 heavy (non-hydrogen) atoms. The zero-order valence-electron chi connectivity index (χ0n) is 8.86. The minimum atomic E-state index is -0.415. The number of hydrogen-bond acceptors (Lipinski definition) is 5. The maximum Gasteiger partial charge on any atom is 0.309 e. The first-order chi connectivity index (χ1) is 7.65. The largest absolute Gasteiger partial charge is 0.455 e. The lowest BCUT2D eigenvalue weighted by Gasteiger charge is -2.02. The van der Waals surface area contributed by atoms with Gasteiger partial charge in [0.25, 0.3) is 5.91 Å². The summed E-state index contributed by atoms with van der Waals surface area (Å²) in [4.78, 5) is 22.4. The lowest BCUT2D eigenvalue weighted by molar-refractivity contribution is -0.148. The van der Waals surface area contributed by atoms with E-state index < -0.39 is 5.91 Å². The van der Waals surface area contributed by atoms with Crippen molar-refractivity contribution >= 4 is 17.7 Å². The second-order valence-corrected chi connectivity index (χ2v) is 3.75. The quantitative estimate of drug-likeness (QED) is 0.767. The Labute approximate surface area is 91.9 Å². The van der Waals surface area contributed by atoms with Crippen LogP contribution in [0.15, 0.2) is 10.6 Å². The summed E-state index contributed by atoms with van der Waals surface area (Å²) >= 11 is 0. The topological polar surface area (TPSA) is 81.4 Å². The van der Waals surface area contributed by atoms with Crippen LogP contribution in [-0.2, 0) is 14.3 Å². The van der Waals surface area contributed by atoms with Crippen molar-refractivity contribution in [2.45, 2.75) is 19.8 Å². The lowest BCUT2D eigenvalue weighted by Crippen LogP contribution is -2.21. The summed E-state index contributed by atoms with van der Waals surface area (Å²) in [6, 6.07) is 1.58. The molecule has 0 aliphatic heterocycles. The number of aromatic nitrogens is 1. The molecule has 1 N–H and O–H groups in total. The molecular formula is C10H12N2O4.